The van der Waals surface area contributed by atoms with Crippen LogP contribution in [-0.4, -0.2) is 13.1 Å². The van der Waals surface area contributed by atoms with Gasteiger partial charge in [0.2, 0.25) is 0 Å². The summed E-state index contributed by atoms with van der Waals surface area (Å²) in [6, 6.07) is 19.4. The number of nitrogens with one attached hydrogen (secondary N) is 1. The van der Waals surface area contributed by atoms with Crippen LogP contribution in [0.5, 0.6) is 0 Å². The lowest BCUT2D eigenvalue weighted by atomic mass is 10.2. The van der Waals surface area contributed by atoms with E-state index < -0.39 is 0 Å². The summed E-state index contributed by atoms with van der Waals surface area (Å²) in [6.45, 7) is 4.51. The monoisotopic (exact) mass is 367 g/mol. The number of benzene rings is 2. The van der Waals surface area contributed by atoms with Gasteiger partial charge in [-0.25, -0.2) is 4.58 Å². The first-order valence-electron chi connectivity index (χ1n) is 8.90. The Bertz CT molecular complexity index is 897. The van der Waals surface area contributed by atoms with Gasteiger partial charge >= 0.3 is 3.98 Å². The van der Waals surface area contributed by atoms with Gasteiger partial charge in [0.15, 0.2) is 0 Å². The molecule has 4 rings (SSSR count). The zero-order valence-corrected chi connectivity index (χ0v) is 16.1. The van der Waals surface area contributed by atoms with Crippen molar-refractivity contribution in [3.05, 3.63) is 64.1 Å². The molecule has 0 unspecified atom stereocenters. The Morgan fingerprint density at radius 3 is 2.28 bits per heavy atom. The first kappa shape index (κ1) is 16.6. The molecule has 2 aromatic carbocycles. The molecule has 0 saturated carbocycles. The van der Waals surface area contributed by atoms with Crippen LogP contribution < -0.4 is 13.9 Å². The maximum absolute atomic E-state index is 3.66. The van der Waals surface area contributed by atoms with Gasteiger partial charge in [0.05, 0.1) is 4.88 Å². The van der Waals surface area contributed by atoms with Gasteiger partial charge in [0, 0.05) is 18.5 Å². The number of piperidine rings is 1. The van der Waals surface area contributed by atoms with E-state index in [0.717, 1.165) is 5.69 Å². The SMILES string of the molecule is Cc1ccc(Nc2sc(=[N+]3CCCCC3)sc2-c2ccccc2)cc1. The number of aryl methyl sites for hydroxylation is 1. The summed E-state index contributed by atoms with van der Waals surface area (Å²) >= 11 is 3.82. The van der Waals surface area contributed by atoms with Gasteiger partial charge in [-0.15, -0.1) is 0 Å². The minimum Gasteiger partial charge on any atom is -0.346 e. The highest BCUT2D eigenvalue weighted by molar-refractivity contribution is 7.32. The largest absolute Gasteiger partial charge is 0.346 e. The van der Waals surface area contributed by atoms with E-state index in [4.69, 9.17) is 0 Å². The summed E-state index contributed by atoms with van der Waals surface area (Å²) in [5, 5.41) is 4.91. The van der Waals surface area contributed by atoms with E-state index in [1.165, 1.54) is 57.3 Å². The summed E-state index contributed by atoms with van der Waals surface area (Å²) < 4.78 is 3.99. The summed E-state index contributed by atoms with van der Waals surface area (Å²) in [5.74, 6) is 0. The average Bonchev–Trinajstić information content (AvgIpc) is 3.09. The van der Waals surface area contributed by atoms with Crippen LogP contribution in [0.25, 0.3) is 10.4 Å². The maximum Gasteiger partial charge on any atom is 0.316 e. The van der Waals surface area contributed by atoms with Gasteiger partial charge in [-0.3, -0.25) is 0 Å². The predicted molar refractivity (Wildman–Crippen MR) is 111 cm³/mol. The van der Waals surface area contributed by atoms with Crippen molar-refractivity contribution >= 4 is 33.4 Å². The number of hydrogen-bond donors (Lipinski definition) is 1. The van der Waals surface area contributed by atoms with E-state index in [-0.39, 0.29) is 0 Å². The molecule has 0 amide bonds. The molecule has 0 bridgehead atoms. The Morgan fingerprint density at radius 2 is 1.56 bits per heavy atom. The highest BCUT2D eigenvalue weighted by atomic mass is 32.2. The molecule has 0 spiro atoms. The van der Waals surface area contributed by atoms with Crippen LogP contribution in [0.2, 0.25) is 0 Å². The van der Waals surface area contributed by atoms with Crippen molar-refractivity contribution in [3.8, 4) is 10.4 Å². The Balaban J connectivity index is 1.78. The third kappa shape index (κ3) is 3.86. The molecule has 1 aliphatic heterocycles. The fourth-order valence-electron chi connectivity index (χ4n) is 3.12. The molecule has 0 atom stereocenters. The standard InChI is InChI=1S/C21H23N2S2/c1-16-10-12-18(13-11-16)22-20-19(17-8-4-2-5-9-17)24-21(25-20)23-14-6-3-7-15-23/h2,4-5,8-13,22H,3,6-7,14-15H2,1H3/q+1. The topological polar surface area (TPSA) is 15.0 Å². The number of nitrogens with zero attached hydrogens (tertiary/aromatic N) is 1. The first-order valence-corrected chi connectivity index (χ1v) is 10.5. The Hall–Kier alpha value is -1.91. The van der Waals surface area contributed by atoms with E-state index in [0.29, 0.717) is 0 Å². The predicted octanol–water partition coefficient (Wildman–Crippen LogP) is 5.48. The van der Waals surface area contributed by atoms with Crippen molar-refractivity contribution in [3.63, 3.8) is 0 Å². The second-order valence-corrected chi connectivity index (χ2v) is 8.79. The molecule has 2 nitrogen and oxygen atoms in total. The van der Waals surface area contributed by atoms with Crippen molar-refractivity contribution < 1.29 is 0 Å². The zero-order valence-electron chi connectivity index (χ0n) is 14.5. The quantitative estimate of drug-likeness (QED) is 0.605. The van der Waals surface area contributed by atoms with E-state index >= 15 is 0 Å². The van der Waals surface area contributed by atoms with E-state index in [1.807, 2.05) is 22.7 Å². The highest BCUT2D eigenvalue weighted by Crippen LogP contribution is 2.36. The fourth-order valence-corrected chi connectivity index (χ4v) is 5.79. The lowest BCUT2D eigenvalue weighted by Gasteiger charge is -2.07. The van der Waals surface area contributed by atoms with Crippen LogP contribution in [0.15, 0.2) is 54.6 Å². The van der Waals surface area contributed by atoms with Crippen LogP contribution in [0.1, 0.15) is 24.8 Å². The third-order valence-corrected chi connectivity index (χ3v) is 7.19. The van der Waals surface area contributed by atoms with Crippen LogP contribution in [-0.2, 0) is 0 Å². The third-order valence-electron chi connectivity index (χ3n) is 4.54. The van der Waals surface area contributed by atoms with Gasteiger partial charge in [0.1, 0.15) is 18.1 Å². The second kappa shape index (κ2) is 7.54. The van der Waals surface area contributed by atoms with E-state index in [2.05, 4.69) is 71.4 Å². The Kier molecular flexibility index (Phi) is 4.99. The van der Waals surface area contributed by atoms with Gasteiger partial charge in [-0.05, 0) is 42.4 Å². The number of rotatable bonds is 3. The minimum absolute atomic E-state index is 1.15. The minimum atomic E-state index is 1.15. The molecular formula is C21H23N2S2+. The molecule has 128 valence electrons. The molecule has 2 heterocycles. The van der Waals surface area contributed by atoms with Crippen molar-refractivity contribution in [2.24, 2.45) is 0 Å². The molecule has 1 fully saturated rings. The Labute approximate surface area is 157 Å². The van der Waals surface area contributed by atoms with Gasteiger partial charge in [0.25, 0.3) is 0 Å². The lowest BCUT2D eigenvalue weighted by molar-refractivity contribution is 0.459. The van der Waals surface area contributed by atoms with Gasteiger partial charge in [-0.1, -0.05) is 59.4 Å². The Morgan fingerprint density at radius 1 is 0.840 bits per heavy atom. The summed E-state index contributed by atoms with van der Waals surface area (Å²) in [7, 11) is 0. The molecule has 25 heavy (non-hydrogen) atoms. The van der Waals surface area contributed by atoms with Crippen LogP contribution in [0.4, 0.5) is 10.7 Å². The smallest absolute Gasteiger partial charge is 0.316 e. The molecule has 0 radical (unpaired) electrons. The first-order chi connectivity index (χ1) is 12.3. The van der Waals surface area contributed by atoms with Gasteiger partial charge < -0.3 is 5.32 Å². The molecular weight excluding hydrogens is 344 g/mol. The van der Waals surface area contributed by atoms with Crippen molar-refractivity contribution in [1.82, 2.24) is 4.58 Å². The van der Waals surface area contributed by atoms with Gasteiger partial charge in [-0.2, -0.15) is 0 Å². The fraction of sp³-hybridized carbons (Fsp3) is 0.286. The lowest BCUT2D eigenvalue weighted by Crippen LogP contribution is -2.31. The highest BCUT2D eigenvalue weighted by Gasteiger charge is 2.18. The van der Waals surface area contributed by atoms with Crippen LogP contribution in [0, 0.1) is 6.92 Å². The second-order valence-electron chi connectivity index (χ2n) is 6.53. The normalized spacial score (nSPS) is 14.5. The van der Waals surface area contributed by atoms with Crippen molar-refractivity contribution in [2.75, 3.05) is 18.4 Å². The van der Waals surface area contributed by atoms with Crippen molar-refractivity contribution in [2.45, 2.75) is 26.2 Å². The molecule has 1 saturated heterocycles. The average molecular weight is 368 g/mol. The molecule has 1 aromatic heterocycles. The summed E-state index contributed by atoms with van der Waals surface area (Å²) in [6.07, 6.45) is 3.99. The molecule has 1 N–H and O–H groups in total. The van der Waals surface area contributed by atoms with Crippen molar-refractivity contribution in [1.29, 1.82) is 0 Å². The molecule has 0 aliphatic carbocycles. The van der Waals surface area contributed by atoms with Crippen LogP contribution >= 0.6 is 22.7 Å². The molecule has 4 heteroatoms. The van der Waals surface area contributed by atoms with Crippen LogP contribution in [0.3, 0.4) is 0 Å². The van der Waals surface area contributed by atoms with E-state index in [1.54, 1.807) is 0 Å². The molecule has 1 aliphatic rings. The number of anilines is 2. The maximum atomic E-state index is 3.66. The zero-order chi connectivity index (χ0) is 17.1. The molecule has 3 aromatic rings. The number of hydrogen-bond acceptors (Lipinski definition) is 3. The summed E-state index contributed by atoms with van der Waals surface area (Å²) in [5.41, 5.74) is 3.74. The summed E-state index contributed by atoms with van der Waals surface area (Å²) in [4.78, 5) is 1.34. The van der Waals surface area contributed by atoms with E-state index in [9.17, 15) is 0 Å².